The Balaban J connectivity index is 1.67. The van der Waals surface area contributed by atoms with Crippen molar-refractivity contribution in [2.45, 2.75) is 45.8 Å². The molecule has 0 bridgehead atoms. The first-order valence-electron chi connectivity index (χ1n) is 8.76. The Bertz CT molecular complexity index is 835. The molecule has 6 nitrogen and oxygen atoms in total. The van der Waals surface area contributed by atoms with Gasteiger partial charge in [-0.2, -0.15) is 5.10 Å². The lowest BCUT2D eigenvalue weighted by Gasteiger charge is -2.11. The quantitative estimate of drug-likeness (QED) is 0.640. The number of carbonyl (C=O) groups excluding carboxylic acids is 2. The highest BCUT2D eigenvalue weighted by molar-refractivity contribution is 5.90. The number of rotatable bonds is 6. The van der Waals surface area contributed by atoms with Crippen LogP contribution < -0.4 is 5.32 Å². The van der Waals surface area contributed by atoms with Crippen molar-refractivity contribution in [1.29, 1.82) is 0 Å². The second-order valence-electron chi connectivity index (χ2n) is 6.53. The Morgan fingerprint density at radius 1 is 1.27 bits per heavy atom. The van der Waals surface area contributed by atoms with Crippen LogP contribution in [0.4, 0.5) is 0 Å². The number of para-hydroxylation sites is 1. The van der Waals surface area contributed by atoms with Gasteiger partial charge in [0.15, 0.2) is 6.10 Å². The number of nitrogens with zero attached hydrogens (tertiary/aromatic N) is 2. The maximum atomic E-state index is 12.0. The lowest BCUT2D eigenvalue weighted by Crippen LogP contribution is -2.36. The van der Waals surface area contributed by atoms with E-state index in [1.165, 1.54) is 6.08 Å². The summed E-state index contributed by atoms with van der Waals surface area (Å²) in [5, 5.41) is 7.36. The van der Waals surface area contributed by atoms with E-state index in [4.69, 9.17) is 4.74 Å². The van der Waals surface area contributed by atoms with Crippen molar-refractivity contribution in [2.24, 2.45) is 0 Å². The zero-order valence-electron chi connectivity index (χ0n) is 15.2. The molecule has 1 aromatic carbocycles. The molecule has 0 spiro atoms. The minimum Gasteiger partial charge on any atom is -0.449 e. The Labute approximate surface area is 152 Å². The first kappa shape index (κ1) is 17.9. The van der Waals surface area contributed by atoms with Crippen LogP contribution in [0, 0.1) is 13.8 Å². The molecule has 1 fully saturated rings. The molecule has 1 heterocycles. The van der Waals surface area contributed by atoms with Crippen molar-refractivity contribution in [3.8, 4) is 5.69 Å². The third kappa shape index (κ3) is 4.20. The predicted octanol–water partition coefficient (Wildman–Crippen LogP) is 2.71. The van der Waals surface area contributed by atoms with Crippen LogP contribution in [0.15, 0.2) is 36.4 Å². The largest absolute Gasteiger partial charge is 0.449 e. The van der Waals surface area contributed by atoms with E-state index in [-0.39, 0.29) is 11.9 Å². The molecular formula is C20H23N3O3. The van der Waals surface area contributed by atoms with Crippen molar-refractivity contribution in [3.05, 3.63) is 53.4 Å². The third-order valence-electron chi connectivity index (χ3n) is 4.32. The highest BCUT2D eigenvalue weighted by atomic mass is 16.5. The maximum Gasteiger partial charge on any atom is 0.331 e. The van der Waals surface area contributed by atoms with Gasteiger partial charge in [0.2, 0.25) is 0 Å². The number of aromatic nitrogens is 2. The van der Waals surface area contributed by atoms with E-state index in [0.717, 1.165) is 35.5 Å². The summed E-state index contributed by atoms with van der Waals surface area (Å²) in [4.78, 5) is 23.9. The summed E-state index contributed by atoms with van der Waals surface area (Å²) in [6, 6.07) is 10.0. The molecule has 1 saturated carbocycles. The standard InChI is InChI=1S/C20H23N3O3/c1-13-18(14(2)23(22-13)17-7-5-4-6-8-17)11-12-19(24)26-15(3)20(25)21-16-9-10-16/h4-8,11-12,15-16H,9-10H2,1-3H3,(H,21,25)/b12-11+/t15-/m0/s1. The second kappa shape index (κ2) is 7.56. The lowest BCUT2D eigenvalue weighted by molar-refractivity contribution is -0.150. The van der Waals surface area contributed by atoms with Gasteiger partial charge in [0.05, 0.1) is 11.4 Å². The summed E-state index contributed by atoms with van der Waals surface area (Å²) in [7, 11) is 0. The van der Waals surface area contributed by atoms with E-state index in [2.05, 4.69) is 10.4 Å². The molecule has 0 saturated heterocycles. The smallest absolute Gasteiger partial charge is 0.331 e. The van der Waals surface area contributed by atoms with Crippen LogP contribution in [0.5, 0.6) is 0 Å². The molecule has 1 amide bonds. The molecule has 3 rings (SSSR count). The van der Waals surface area contributed by atoms with Crippen LogP contribution in [-0.2, 0) is 14.3 Å². The van der Waals surface area contributed by atoms with Crippen molar-refractivity contribution < 1.29 is 14.3 Å². The fraction of sp³-hybridized carbons (Fsp3) is 0.350. The van der Waals surface area contributed by atoms with Crippen LogP contribution in [0.1, 0.15) is 36.7 Å². The van der Waals surface area contributed by atoms with Gasteiger partial charge in [0, 0.05) is 23.4 Å². The average molecular weight is 353 g/mol. The van der Waals surface area contributed by atoms with Crippen molar-refractivity contribution >= 4 is 18.0 Å². The van der Waals surface area contributed by atoms with Gasteiger partial charge in [0.25, 0.3) is 5.91 Å². The molecule has 1 atom stereocenters. The normalized spacial score (nSPS) is 15.0. The topological polar surface area (TPSA) is 73.2 Å². The van der Waals surface area contributed by atoms with E-state index < -0.39 is 12.1 Å². The number of benzene rings is 1. The third-order valence-corrected chi connectivity index (χ3v) is 4.32. The molecule has 6 heteroatoms. The monoisotopic (exact) mass is 353 g/mol. The highest BCUT2D eigenvalue weighted by Gasteiger charge is 2.26. The number of esters is 1. The summed E-state index contributed by atoms with van der Waals surface area (Å²) >= 11 is 0. The van der Waals surface area contributed by atoms with E-state index >= 15 is 0 Å². The van der Waals surface area contributed by atoms with Crippen LogP contribution >= 0.6 is 0 Å². The summed E-state index contributed by atoms with van der Waals surface area (Å²) in [6.45, 7) is 5.42. The predicted molar refractivity (Wildman–Crippen MR) is 98.8 cm³/mol. The molecule has 1 aliphatic rings. The number of aryl methyl sites for hydroxylation is 1. The number of ether oxygens (including phenoxy) is 1. The number of carbonyl (C=O) groups is 2. The van der Waals surface area contributed by atoms with Gasteiger partial charge in [0.1, 0.15) is 0 Å². The van der Waals surface area contributed by atoms with Gasteiger partial charge in [-0.1, -0.05) is 18.2 Å². The molecule has 1 aromatic heterocycles. The molecule has 0 unspecified atom stereocenters. The van der Waals surface area contributed by atoms with Gasteiger partial charge < -0.3 is 10.1 Å². The Morgan fingerprint density at radius 3 is 2.62 bits per heavy atom. The molecule has 136 valence electrons. The van der Waals surface area contributed by atoms with Crippen LogP contribution in [-0.4, -0.2) is 33.8 Å². The second-order valence-corrected chi connectivity index (χ2v) is 6.53. The van der Waals surface area contributed by atoms with Gasteiger partial charge in [-0.3, -0.25) is 4.79 Å². The number of hydrogen-bond acceptors (Lipinski definition) is 4. The molecule has 1 N–H and O–H groups in total. The molecule has 2 aromatic rings. The summed E-state index contributed by atoms with van der Waals surface area (Å²) in [6.07, 6.45) is 4.21. The fourth-order valence-corrected chi connectivity index (χ4v) is 2.68. The van der Waals surface area contributed by atoms with Crippen molar-refractivity contribution in [1.82, 2.24) is 15.1 Å². The SMILES string of the molecule is Cc1nn(-c2ccccc2)c(C)c1/C=C/C(=O)O[C@@H](C)C(=O)NC1CC1. The number of amides is 1. The summed E-state index contributed by atoms with van der Waals surface area (Å²) < 4.78 is 7.01. The minimum atomic E-state index is -0.804. The molecule has 1 aliphatic carbocycles. The van der Waals surface area contributed by atoms with Crippen molar-refractivity contribution in [3.63, 3.8) is 0 Å². The molecular weight excluding hydrogens is 330 g/mol. The number of nitrogens with one attached hydrogen (secondary N) is 1. The van der Waals surface area contributed by atoms with E-state index in [9.17, 15) is 9.59 Å². The number of hydrogen-bond donors (Lipinski definition) is 1. The Morgan fingerprint density at radius 2 is 1.96 bits per heavy atom. The summed E-state index contributed by atoms with van der Waals surface area (Å²) in [5.41, 5.74) is 3.56. The van der Waals surface area contributed by atoms with Gasteiger partial charge in [-0.05, 0) is 51.8 Å². The molecule has 26 heavy (non-hydrogen) atoms. The van der Waals surface area contributed by atoms with Crippen LogP contribution in [0.3, 0.4) is 0 Å². The van der Waals surface area contributed by atoms with Crippen molar-refractivity contribution in [2.75, 3.05) is 0 Å². The lowest BCUT2D eigenvalue weighted by atomic mass is 10.2. The van der Waals surface area contributed by atoms with Gasteiger partial charge in [-0.25, -0.2) is 9.48 Å². The van der Waals surface area contributed by atoms with Gasteiger partial charge >= 0.3 is 5.97 Å². The van der Waals surface area contributed by atoms with Crippen LogP contribution in [0.25, 0.3) is 11.8 Å². The van der Waals surface area contributed by atoms with E-state index in [1.54, 1.807) is 13.0 Å². The Hall–Kier alpha value is -2.89. The zero-order chi connectivity index (χ0) is 18.7. The highest BCUT2D eigenvalue weighted by Crippen LogP contribution is 2.20. The van der Waals surface area contributed by atoms with Crippen LogP contribution in [0.2, 0.25) is 0 Å². The van der Waals surface area contributed by atoms with Gasteiger partial charge in [-0.15, -0.1) is 0 Å². The zero-order valence-corrected chi connectivity index (χ0v) is 15.2. The summed E-state index contributed by atoms with van der Waals surface area (Å²) in [5.74, 6) is -0.798. The average Bonchev–Trinajstić information content (AvgIpc) is 3.39. The first-order chi connectivity index (χ1) is 12.5. The first-order valence-corrected chi connectivity index (χ1v) is 8.76. The Kier molecular flexibility index (Phi) is 5.21. The van der Waals surface area contributed by atoms with E-state index in [0.29, 0.717) is 0 Å². The minimum absolute atomic E-state index is 0.244. The van der Waals surface area contributed by atoms with E-state index in [1.807, 2.05) is 48.9 Å². The molecule has 0 radical (unpaired) electrons. The molecule has 0 aliphatic heterocycles. The maximum absolute atomic E-state index is 12.0. The fourth-order valence-electron chi connectivity index (χ4n) is 2.68.